The largest absolute Gasteiger partial charge is 0.301 e. The molecule has 0 aliphatic heterocycles. The maximum Gasteiger partial charge on any atom is 0.0666 e. The molecular formula is C12H15BrN2. The molecule has 15 heavy (non-hydrogen) atoms. The van der Waals surface area contributed by atoms with Crippen molar-refractivity contribution in [3.63, 3.8) is 0 Å². The van der Waals surface area contributed by atoms with Gasteiger partial charge >= 0.3 is 0 Å². The molecule has 0 bridgehead atoms. The van der Waals surface area contributed by atoms with Crippen LogP contribution in [0.15, 0.2) is 28.7 Å². The summed E-state index contributed by atoms with van der Waals surface area (Å²) in [5, 5.41) is 8.70. The van der Waals surface area contributed by atoms with Crippen molar-refractivity contribution in [2.24, 2.45) is 5.92 Å². The molecular weight excluding hydrogens is 252 g/mol. The smallest absolute Gasteiger partial charge is 0.0666 e. The summed E-state index contributed by atoms with van der Waals surface area (Å²) in [7, 11) is 2.04. The van der Waals surface area contributed by atoms with Gasteiger partial charge in [0, 0.05) is 17.6 Å². The summed E-state index contributed by atoms with van der Waals surface area (Å²) in [5.74, 6) is 0.0884. The molecule has 1 atom stereocenters. The lowest BCUT2D eigenvalue weighted by Gasteiger charge is -2.17. The van der Waals surface area contributed by atoms with Crippen LogP contribution in [-0.2, 0) is 6.54 Å². The standard InChI is InChI=1S/C12H15BrN2/c1-10(7-14)8-15(2)9-11-3-5-12(13)6-4-11/h3-6,10H,8-9H2,1-2H3. The van der Waals surface area contributed by atoms with Gasteiger partial charge in [-0.1, -0.05) is 28.1 Å². The van der Waals surface area contributed by atoms with Crippen molar-refractivity contribution >= 4 is 15.9 Å². The summed E-state index contributed by atoms with van der Waals surface area (Å²) < 4.78 is 1.10. The zero-order chi connectivity index (χ0) is 11.3. The first-order valence-electron chi connectivity index (χ1n) is 4.94. The zero-order valence-electron chi connectivity index (χ0n) is 9.07. The van der Waals surface area contributed by atoms with E-state index < -0.39 is 0 Å². The molecule has 0 heterocycles. The van der Waals surface area contributed by atoms with Crippen LogP contribution in [0.25, 0.3) is 0 Å². The van der Waals surface area contributed by atoms with Gasteiger partial charge in [-0.15, -0.1) is 0 Å². The Balaban J connectivity index is 2.48. The molecule has 1 unspecified atom stereocenters. The molecule has 1 rings (SSSR count). The molecule has 0 aliphatic carbocycles. The second-order valence-corrected chi connectivity index (χ2v) is 4.77. The van der Waals surface area contributed by atoms with Crippen LogP contribution in [0.3, 0.4) is 0 Å². The molecule has 0 amide bonds. The highest BCUT2D eigenvalue weighted by Gasteiger charge is 2.05. The first kappa shape index (κ1) is 12.2. The first-order chi connectivity index (χ1) is 7.11. The molecule has 0 spiro atoms. The molecule has 1 aromatic carbocycles. The van der Waals surface area contributed by atoms with Gasteiger partial charge in [0.05, 0.1) is 12.0 Å². The highest BCUT2D eigenvalue weighted by molar-refractivity contribution is 9.10. The van der Waals surface area contributed by atoms with Crippen molar-refractivity contribution in [2.75, 3.05) is 13.6 Å². The average Bonchev–Trinajstić information content (AvgIpc) is 2.21. The molecule has 0 fully saturated rings. The summed E-state index contributed by atoms with van der Waals surface area (Å²) >= 11 is 3.41. The Hall–Kier alpha value is -0.850. The van der Waals surface area contributed by atoms with E-state index in [1.807, 2.05) is 26.1 Å². The van der Waals surface area contributed by atoms with E-state index in [-0.39, 0.29) is 5.92 Å². The molecule has 0 radical (unpaired) electrons. The third-order valence-corrected chi connectivity index (χ3v) is 2.70. The second-order valence-electron chi connectivity index (χ2n) is 3.85. The minimum Gasteiger partial charge on any atom is -0.301 e. The lowest BCUT2D eigenvalue weighted by molar-refractivity contribution is 0.303. The van der Waals surface area contributed by atoms with E-state index in [1.165, 1.54) is 5.56 Å². The number of rotatable bonds is 4. The van der Waals surface area contributed by atoms with Gasteiger partial charge in [0.1, 0.15) is 0 Å². The Bertz CT molecular complexity index is 340. The molecule has 3 heteroatoms. The van der Waals surface area contributed by atoms with Crippen LogP contribution >= 0.6 is 15.9 Å². The van der Waals surface area contributed by atoms with Crippen molar-refractivity contribution in [1.29, 1.82) is 5.26 Å². The van der Waals surface area contributed by atoms with E-state index in [9.17, 15) is 0 Å². The lowest BCUT2D eigenvalue weighted by Crippen LogP contribution is -2.23. The van der Waals surface area contributed by atoms with E-state index in [1.54, 1.807) is 0 Å². The van der Waals surface area contributed by atoms with Crippen LogP contribution in [0.1, 0.15) is 12.5 Å². The summed E-state index contributed by atoms with van der Waals surface area (Å²) in [6, 6.07) is 10.5. The second kappa shape index (κ2) is 5.89. The van der Waals surface area contributed by atoms with E-state index >= 15 is 0 Å². The Morgan fingerprint density at radius 1 is 1.40 bits per heavy atom. The Morgan fingerprint density at radius 3 is 2.53 bits per heavy atom. The molecule has 0 saturated heterocycles. The normalized spacial score (nSPS) is 12.5. The Morgan fingerprint density at radius 2 is 2.00 bits per heavy atom. The third kappa shape index (κ3) is 4.46. The van der Waals surface area contributed by atoms with Crippen LogP contribution in [0.2, 0.25) is 0 Å². The van der Waals surface area contributed by atoms with E-state index in [2.05, 4.69) is 39.0 Å². The van der Waals surface area contributed by atoms with Gasteiger partial charge in [0.2, 0.25) is 0 Å². The van der Waals surface area contributed by atoms with Gasteiger partial charge in [-0.2, -0.15) is 5.26 Å². The van der Waals surface area contributed by atoms with Gasteiger partial charge in [0.15, 0.2) is 0 Å². The molecule has 2 nitrogen and oxygen atoms in total. The Labute approximate surface area is 99.6 Å². The number of hydrogen-bond acceptors (Lipinski definition) is 2. The zero-order valence-corrected chi connectivity index (χ0v) is 10.7. The summed E-state index contributed by atoms with van der Waals surface area (Å²) in [6.07, 6.45) is 0. The SMILES string of the molecule is CC(C#N)CN(C)Cc1ccc(Br)cc1. The van der Waals surface area contributed by atoms with Gasteiger partial charge in [-0.25, -0.2) is 0 Å². The van der Waals surface area contributed by atoms with Crippen molar-refractivity contribution in [3.8, 4) is 6.07 Å². The van der Waals surface area contributed by atoms with Crippen LogP contribution in [0.5, 0.6) is 0 Å². The summed E-state index contributed by atoms with van der Waals surface area (Å²) in [5.41, 5.74) is 1.27. The minimum absolute atomic E-state index is 0.0884. The van der Waals surface area contributed by atoms with Gasteiger partial charge in [-0.3, -0.25) is 0 Å². The summed E-state index contributed by atoms with van der Waals surface area (Å²) in [6.45, 7) is 3.64. The quantitative estimate of drug-likeness (QED) is 0.838. The third-order valence-electron chi connectivity index (χ3n) is 2.17. The van der Waals surface area contributed by atoms with Crippen molar-refractivity contribution in [3.05, 3.63) is 34.3 Å². The topological polar surface area (TPSA) is 27.0 Å². The van der Waals surface area contributed by atoms with Gasteiger partial charge in [-0.05, 0) is 31.7 Å². The monoisotopic (exact) mass is 266 g/mol. The molecule has 0 N–H and O–H groups in total. The van der Waals surface area contributed by atoms with Crippen molar-refractivity contribution in [2.45, 2.75) is 13.5 Å². The van der Waals surface area contributed by atoms with Crippen LogP contribution in [-0.4, -0.2) is 18.5 Å². The number of hydrogen-bond donors (Lipinski definition) is 0. The predicted octanol–water partition coefficient (Wildman–Crippen LogP) is 3.04. The maximum atomic E-state index is 8.70. The number of benzene rings is 1. The van der Waals surface area contributed by atoms with Crippen LogP contribution < -0.4 is 0 Å². The number of nitrogens with zero attached hydrogens (tertiary/aromatic N) is 2. The van der Waals surface area contributed by atoms with Gasteiger partial charge < -0.3 is 4.90 Å². The lowest BCUT2D eigenvalue weighted by atomic mass is 10.1. The molecule has 0 aromatic heterocycles. The highest BCUT2D eigenvalue weighted by atomic mass is 79.9. The summed E-state index contributed by atoms with van der Waals surface area (Å²) in [4.78, 5) is 2.16. The fourth-order valence-electron chi connectivity index (χ4n) is 1.47. The number of halogens is 1. The molecule has 0 saturated carbocycles. The van der Waals surface area contributed by atoms with Crippen molar-refractivity contribution in [1.82, 2.24) is 4.90 Å². The predicted molar refractivity (Wildman–Crippen MR) is 65.3 cm³/mol. The van der Waals surface area contributed by atoms with E-state index in [4.69, 9.17) is 5.26 Å². The van der Waals surface area contributed by atoms with Crippen LogP contribution in [0.4, 0.5) is 0 Å². The van der Waals surface area contributed by atoms with Crippen molar-refractivity contribution < 1.29 is 0 Å². The van der Waals surface area contributed by atoms with E-state index in [0.29, 0.717) is 0 Å². The fraction of sp³-hybridized carbons (Fsp3) is 0.417. The average molecular weight is 267 g/mol. The molecule has 1 aromatic rings. The molecule has 0 aliphatic rings. The van der Waals surface area contributed by atoms with Crippen LogP contribution in [0, 0.1) is 17.2 Å². The minimum atomic E-state index is 0.0884. The first-order valence-corrected chi connectivity index (χ1v) is 5.73. The van der Waals surface area contributed by atoms with Gasteiger partial charge in [0.25, 0.3) is 0 Å². The molecule has 80 valence electrons. The fourth-order valence-corrected chi connectivity index (χ4v) is 1.74. The van der Waals surface area contributed by atoms with E-state index in [0.717, 1.165) is 17.6 Å². The number of nitriles is 1. The maximum absolute atomic E-state index is 8.70. The highest BCUT2D eigenvalue weighted by Crippen LogP contribution is 2.12. The Kier molecular flexibility index (Phi) is 4.80.